The molecule has 132 valence electrons. The van der Waals surface area contributed by atoms with E-state index in [1.54, 1.807) is 24.3 Å². The molecule has 1 aromatic heterocycles. The van der Waals surface area contributed by atoms with Gasteiger partial charge in [-0.3, -0.25) is 9.78 Å². The van der Waals surface area contributed by atoms with E-state index in [2.05, 4.69) is 15.6 Å². The van der Waals surface area contributed by atoms with Crippen molar-refractivity contribution in [2.24, 2.45) is 0 Å². The number of rotatable bonds is 6. The van der Waals surface area contributed by atoms with Gasteiger partial charge in [0, 0.05) is 38.6 Å². The number of carbonyl (C=O) groups is 2. The quantitative estimate of drug-likeness (QED) is 0.847. The number of carbonyl (C=O) groups excluding carboxylic acids is 2. The van der Waals surface area contributed by atoms with Gasteiger partial charge in [0.1, 0.15) is 0 Å². The van der Waals surface area contributed by atoms with Crippen LogP contribution in [-0.2, 0) is 11.3 Å². The summed E-state index contributed by atoms with van der Waals surface area (Å²) in [5.74, 6) is -0.0250. The maximum atomic E-state index is 12.4. The molecule has 25 heavy (non-hydrogen) atoms. The fourth-order valence-electron chi connectivity index (χ4n) is 2.48. The molecule has 2 rings (SSSR count). The first kappa shape index (κ1) is 18.4. The number of urea groups is 1. The largest absolute Gasteiger partial charge is 0.342 e. The Balaban J connectivity index is 2.06. The number of aromatic nitrogens is 1. The van der Waals surface area contributed by atoms with Gasteiger partial charge in [0.15, 0.2) is 0 Å². The van der Waals surface area contributed by atoms with E-state index in [4.69, 9.17) is 0 Å². The molecule has 0 aliphatic heterocycles. The van der Waals surface area contributed by atoms with E-state index in [9.17, 15) is 9.59 Å². The van der Waals surface area contributed by atoms with E-state index in [1.807, 2.05) is 43.3 Å². The van der Waals surface area contributed by atoms with Gasteiger partial charge >= 0.3 is 6.03 Å². The van der Waals surface area contributed by atoms with Crippen LogP contribution in [0.1, 0.15) is 37.4 Å². The molecule has 0 fully saturated rings. The van der Waals surface area contributed by atoms with Gasteiger partial charge in [0.05, 0.1) is 6.04 Å². The van der Waals surface area contributed by atoms with Crippen LogP contribution in [0.15, 0.2) is 48.8 Å². The molecule has 1 aromatic carbocycles. The molecule has 1 unspecified atom stereocenters. The van der Waals surface area contributed by atoms with E-state index in [1.165, 1.54) is 6.92 Å². The van der Waals surface area contributed by atoms with Crippen molar-refractivity contribution in [3.63, 3.8) is 0 Å². The van der Waals surface area contributed by atoms with Crippen LogP contribution in [0.2, 0.25) is 0 Å². The van der Waals surface area contributed by atoms with Crippen LogP contribution in [0.25, 0.3) is 0 Å². The predicted molar refractivity (Wildman–Crippen MR) is 98.0 cm³/mol. The van der Waals surface area contributed by atoms with Crippen molar-refractivity contribution in [1.82, 2.24) is 15.2 Å². The highest BCUT2D eigenvalue weighted by Gasteiger charge is 2.14. The smallest absolute Gasteiger partial charge is 0.319 e. The number of benzene rings is 1. The van der Waals surface area contributed by atoms with Gasteiger partial charge < -0.3 is 15.5 Å². The molecular formula is C19H24N4O2. The third-order valence-corrected chi connectivity index (χ3v) is 4.03. The number of nitrogens with zero attached hydrogens (tertiary/aromatic N) is 2. The minimum absolute atomic E-state index is 0.0250. The molecular weight excluding hydrogens is 316 g/mol. The fourth-order valence-corrected chi connectivity index (χ4v) is 2.48. The van der Waals surface area contributed by atoms with Crippen molar-refractivity contribution >= 4 is 17.6 Å². The first-order chi connectivity index (χ1) is 12.0. The highest BCUT2D eigenvalue weighted by Crippen LogP contribution is 2.19. The van der Waals surface area contributed by atoms with E-state index in [0.29, 0.717) is 12.2 Å². The van der Waals surface area contributed by atoms with Crippen molar-refractivity contribution in [3.05, 3.63) is 59.9 Å². The minimum atomic E-state index is -0.276. The third kappa shape index (κ3) is 5.31. The molecule has 0 radical (unpaired) electrons. The van der Waals surface area contributed by atoms with E-state index in [0.717, 1.165) is 17.5 Å². The lowest BCUT2D eigenvalue weighted by Gasteiger charge is -2.20. The minimum Gasteiger partial charge on any atom is -0.342 e. The van der Waals surface area contributed by atoms with Gasteiger partial charge in [-0.05, 0) is 35.7 Å². The van der Waals surface area contributed by atoms with Crippen molar-refractivity contribution in [2.75, 3.05) is 12.4 Å². The highest BCUT2D eigenvalue weighted by atomic mass is 16.2. The maximum absolute atomic E-state index is 12.4. The summed E-state index contributed by atoms with van der Waals surface area (Å²) in [5, 5.41) is 5.86. The van der Waals surface area contributed by atoms with Crippen molar-refractivity contribution in [3.8, 4) is 0 Å². The Bertz CT molecular complexity index is 718. The van der Waals surface area contributed by atoms with Gasteiger partial charge in [-0.25, -0.2) is 4.79 Å². The first-order valence-corrected chi connectivity index (χ1v) is 8.28. The summed E-state index contributed by atoms with van der Waals surface area (Å²) in [6, 6.07) is 10.9. The second-order valence-electron chi connectivity index (χ2n) is 5.87. The number of anilines is 1. The summed E-state index contributed by atoms with van der Waals surface area (Å²) < 4.78 is 0. The molecule has 6 heteroatoms. The van der Waals surface area contributed by atoms with Crippen LogP contribution >= 0.6 is 0 Å². The number of nitrogens with one attached hydrogen (secondary N) is 2. The van der Waals surface area contributed by atoms with Gasteiger partial charge in [0.2, 0.25) is 5.91 Å². The normalized spacial score (nSPS) is 11.5. The number of hydrogen-bond donors (Lipinski definition) is 2. The summed E-state index contributed by atoms with van der Waals surface area (Å²) in [4.78, 5) is 29.5. The monoisotopic (exact) mass is 340 g/mol. The molecule has 6 nitrogen and oxygen atoms in total. The van der Waals surface area contributed by atoms with E-state index >= 15 is 0 Å². The summed E-state index contributed by atoms with van der Waals surface area (Å²) in [7, 11) is 1.73. The Labute approximate surface area is 148 Å². The van der Waals surface area contributed by atoms with Crippen LogP contribution in [0.5, 0.6) is 0 Å². The molecule has 1 atom stereocenters. The maximum Gasteiger partial charge on any atom is 0.319 e. The van der Waals surface area contributed by atoms with E-state index < -0.39 is 0 Å². The van der Waals surface area contributed by atoms with Crippen molar-refractivity contribution in [1.29, 1.82) is 0 Å². The Kier molecular flexibility index (Phi) is 6.51. The summed E-state index contributed by atoms with van der Waals surface area (Å²) >= 11 is 0. The average Bonchev–Trinajstić information content (AvgIpc) is 2.62. The van der Waals surface area contributed by atoms with Gasteiger partial charge in [0.25, 0.3) is 0 Å². The lowest BCUT2D eigenvalue weighted by Crippen LogP contribution is -2.33. The number of hydrogen-bond acceptors (Lipinski definition) is 3. The summed E-state index contributed by atoms with van der Waals surface area (Å²) in [5.41, 5.74) is 2.59. The number of para-hydroxylation sites is 1. The lowest BCUT2D eigenvalue weighted by atomic mass is 10.1. The molecule has 0 aliphatic carbocycles. The molecule has 3 amide bonds. The molecule has 0 bridgehead atoms. The molecule has 2 aromatic rings. The summed E-state index contributed by atoms with van der Waals surface area (Å²) in [6.07, 6.45) is 4.20. The zero-order valence-electron chi connectivity index (χ0n) is 14.8. The number of pyridine rings is 1. The molecule has 1 heterocycles. The molecule has 0 saturated carbocycles. The van der Waals surface area contributed by atoms with Crippen LogP contribution in [-0.4, -0.2) is 28.9 Å². The van der Waals surface area contributed by atoms with Gasteiger partial charge in [-0.15, -0.1) is 0 Å². The molecule has 0 saturated heterocycles. The Morgan fingerprint density at radius 3 is 2.48 bits per heavy atom. The van der Waals surface area contributed by atoms with Crippen LogP contribution < -0.4 is 10.6 Å². The SMILES string of the molecule is CCC(NC(=O)Nc1ccccc1CN(C)C(C)=O)c1ccncc1. The van der Waals surface area contributed by atoms with Gasteiger partial charge in [-0.1, -0.05) is 25.1 Å². The molecule has 2 N–H and O–H groups in total. The predicted octanol–water partition coefficient (Wildman–Crippen LogP) is 3.33. The first-order valence-electron chi connectivity index (χ1n) is 8.28. The number of amides is 3. The van der Waals surface area contributed by atoms with Crippen molar-refractivity contribution < 1.29 is 9.59 Å². The standard InChI is InChI=1S/C19H24N4O2/c1-4-17(15-9-11-20-12-10-15)21-19(25)22-18-8-6-5-7-16(18)13-23(3)14(2)24/h5-12,17H,4,13H2,1-3H3,(H2,21,22,25). The third-order valence-electron chi connectivity index (χ3n) is 4.03. The van der Waals surface area contributed by atoms with Gasteiger partial charge in [-0.2, -0.15) is 0 Å². The van der Waals surface area contributed by atoms with Crippen LogP contribution in [0.3, 0.4) is 0 Å². The molecule has 0 aliphatic rings. The Hall–Kier alpha value is -2.89. The van der Waals surface area contributed by atoms with Crippen LogP contribution in [0.4, 0.5) is 10.5 Å². The second kappa shape index (κ2) is 8.82. The summed E-state index contributed by atoms with van der Waals surface area (Å²) in [6.45, 7) is 3.97. The topological polar surface area (TPSA) is 74.3 Å². The highest BCUT2D eigenvalue weighted by molar-refractivity contribution is 5.90. The fraction of sp³-hybridized carbons (Fsp3) is 0.316. The Morgan fingerprint density at radius 1 is 1.16 bits per heavy atom. The second-order valence-corrected chi connectivity index (χ2v) is 5.87. The zero-order valence-corrected chi connectivity index (χ0v) is 14.8. The van der Waals surface area contributed by atoms with E-state index in [-0.39, 0.29) is 18.0 Å². The van der Waals surface area contributed by atoms with Crippen molar-refractivity contribution in [2.45, 2.75) is 32.9 Å². The molecule has 0 spiro atoms. The lowest BCUT2D eigenvalue weighted by molar-refractivity contribution is -0.128. The average molecular weight is 340 g/mol. The Morgan fingerprint density at radius 2 is 1.84 bits per heavy atom. The van der Waals surface area contributed by atoms with Crippen LogP contribution in [0, 0.1) is 0 Å². The zero-order chi connectivity index (χ0) is 18.2.